The van der Waals surface area contributed by atoms with Gasteiger partial charge in [-0.05, 0) is 49.3 Å². The molecule has 2 aromatic heterocycles. The molecule has 0 radical (unpaired) electrons. The molecule has 170 valence electrons. The molecular weight excluding hydrogens is 424 g/mol. The molecule has 3 aliphatic rings. The van der Waals surface area contributed by atoms with Gasteiger partial charge in [-0.25, -0.2) is 9.97 Å². The second kappa shape index (κ2) is 7.01. The number of aromatic nitrogens is 3. The van der Waals surface area contributed by atoms with Crippen molar-refractivity contribution in [3.05, 3.63) is 78.5 Å². The van der Waals surface area contributed by atoms with Crippen molar-refractivity contribution in [3.63, 3.8) is 0 Å². The van der Waals surface area contributed by atoms with Crippen molar-refractivity contribution >= 4 is 0 Å². The van der Waals surface area contributed by atoms with Gasteiger partial charge in [-0.2, -0.15) is 0 Å². The Morgan fingerprint density at radius 2 is 1.71 bits per heavy atom. The molecule has 2 saturated carbocycles. The van der Waals surface area contributed by atoms with Crippen molar-refractivity contribution < 1.29 is 9.84 Å². The van der Waals surface area contributed by atoms with Crippen LogP contribution in [0.3, 0.4) is 0 Å². The molecule has 0 atom stereocenters. The first kappa shape index (κ1) is 19.9. The fourth-order valence-electron chi connectivity index (χ4n) is 5.79. The molecule has 6 nitrogen and oxygen atoms in total. The van der Waals surface area contributed by atoms with Gasteiger partial charge >= 0.3 is 0 Å². The van der Waals surface area contributed by atoms with Crippen molar-refractivity contribution in [2.24, 2.45) is 11.7 Å². The fourth-order valence-corrected chi connectivity index (χ4v) is 5.79. The Hall–Kier alpha value is -3.48. The van der Waals surface area contributed by atoms with Gasteiger partial charge in [0, 0.05) is 22.9 Å². The minimum Gasteiger partial charge on any atom is -0.455 e. The van der Waals surface area contributed by atoms with E-state index in [2.05, 4.69) is 45.9 Å². The number of pyridine rings is 1. The molecule has 0 amide bonds. The summed E-state index contributed by atoms with van der Waals surface area (Å²) in [4.78, 5) is 9.47. The van der Waals surface area contributed by atoms with Gasteiger partial charge in [0.1, 0.15) is 5.82 Å². The van der Waals surface area contributed by atoms with Crippen LogP contribution in [0.2, 0.25) is 0 Å². The Bertz CT molecular complexity index is 1380. The van der Waals surface area contributed by atoms with Gasteiger partial charge < -0.3 is 15.6 Å². The van der Waals surface area contributed by atoms with E-state index in [4.69, 9.17) is 15.5 Å². The van der Waals surface area contributed by atoms with Crippen molar-refractivity contribution in [2.45, 2.75) is 43.6 Å². The minimum absolute atomic E-state index is 0.361. The predicted octanol–water partition coefficient (Wildman–Crippen LogP) is 4.72. The number of fused-ring (bicyclic) bond motifs is 3. The average molecular weight is 451 g/mol. The third-order valence-corrected chi connectivity index (χ3v) is 7.67. The van der Waals surface area contributed by atoms with E-state index in [9.17, 15) is 5.11 Å². The first-order valence-electron chi connectivity index (χ1n) is 11.9. The molecule has 3 N–H and O–H groups in total. The lowest BCUT2D eigenvalue weighted by molar-refractivity contribution is -0.106. The second-order valence-electron chi connectivity index (χ2n) is 10.0. The summed E-state index contributed by atoms with van der Waals surface area (Å²) in [7, 11) is 0. The van der Waals surface area contributed by atoms with Crippen LogP contribution in [-0.2, 0) is 12.3 Å². The number of aliphatic hydroxyl groups is 1. The first-order chi connectivity index (χ1) is 16.5. The predicted molar refractivity (Wildman–Crippen MR) is 130 cm³/mol. The molecule has 2 fully saturated rings. The number of hydrogen-bond donors (Lipinski definition) is 2. The molecular formula is C28H26N4O2. The summed E-state index contributed by atoms with van der Waals surface area (Å²) < 4.78 is 8.08. The zero-order valence-electron chi connectivity index (χ0n) is 18.8. The summed E-state index contributed by atoms with van der Waals surface area (Å²) >= 11 is 0. The van der Waals surface area contributed by atoms with Crippen LogP contribution in [0.25, 0.3) is 33.9 Å². The highest BCUT2D eigenvalue weighted by Crippen LogP contribution is 2.57. The molecule has 34 heavy (non-hydrogen) atoms. The standard InChI is InChI=1S/C28H26N4O2/c29-27(15-28(33,16-27)21-12-13-21)20-10-8-18(9-11-20)23-24(19-5-2-1-3-6-19)32-17-34-26-22(25(32)31-23)7-4-14-30-26/h1-11,14,21,33H,12-13,15-17,29H2/t27-,28-. The number of ether oxygens (including phenoxy) is 1. The first-order valence-corrected chi connectivity index (χ1v) is 11.9. The summed E-state index contributed by atoms with van der Waals surface area (Å²) in [6.07, 6.45) is 5.27. The molecule has 0 bridgehead atoms. The van der Waals surface area contributed by atoms with E-state index in [1.54, 1.807) is 6.20 Å². The Balaban J connectivity index is 1.30. The molecule has 3 heterocycles. The summed E-state index contributed by atoms with van der Waals surface area (Å²) in [5, 5.41) is 10.8. The highest BCUT2D eigenvalue weighted by molar-refractivity contribution is 5.83. The van der Waals surface area contributed by atoms with Crippen LogP contribution in [0.15, 0.2) is 72.9 Å². The maximum absolute atomic E-state index is 10.8. The number of imidazole rings is 1. The fraction of sp³-hybridized carbons (Fsp3) is 0.286. The van der Waals surface area contributed by atoms with Crippen LogP contribution in [0, 0.1) is 5.92 Å². The van der Waals surface area contributed by atoms with Crippen LogP contribution in [0.5, 0.6) is 5.88 Å². The van der Waals surface area contributed by atoms with Crippen LogP contribution in [-0.4, -0.2) is 25.2 Å². The number of nitrogens with zero attached hydrogens (tertiary/aromatic N) is 3. The molecule has 1 aliphatic heterocycles. The number of benzene rings is 2. The third-order valence-electron chi connectivity index (χ3n) is 7.67. The molecule has 4 aromatic rings. The zero-order chi connectivity index (χ0) is 22.9. The third kappa shape index (κ3) is 2.95. The van der Waals surface area contributed by atoms with Crippen molar-refractivity contribution in [1.82, 2.24) is 14.5 Å². The Morgan fingerprint density at radius 1 is 0.941 bits per heavy atom. The topological polar surface area (TPSA) is 86.2 Å². The quantitative estimate of drug-likeness (QED) is 0.470. The minimum atomic E-state index is -0.571. The molecule has 0 saturated heterocycles. The smallest absolute Gasteiger partial charge is 0.226 e. The molecule has 6 heteroatoms. The lowest BCUT2D eigenvalue weighted by atomic mass is 9.60. The summed E-state index contributed by atoms with van der Waals surface area (Å²) in [6.45, 7) is 0.361. The largest absolute Gasteiger partial charge is 0.455 e. The van der Waals surface area contributed by atoms with E-state index in [-0.39, 0.29) is 0 Å². The van der Waals surface area contributed by atoms with Gasteiger partial charge in [0.2, 0.25) is 5.88 Å². The molecule has 0 unspecified atom stereocenters. The summed E-state index contributed by atoms with van der Waals surface area (Å²) in [5.41, 5.74) is 11.7. The highest BCUT2D eigenvalue weighted by Gasteiger charge is 2.58. The molecule has 2 aliphatic carbocycles. The van der Waals surface area contributed by atoms with Gasteiger partial charge in [0.05, 0.1) is 22.6 Å². The van der Waals surface area contributed by atoms with E-state index >= 15 is 0 Å². The maximum atomic E-state index is 10.8. The number of rotatable bonds is 4. The van der Waals surface area contributed by atoms with E-state index < -0.39 is 11.1 Å². The second-order valence-corrected chi connectivity index (χ2v) is 10.0. The normalized spacial score (nSPS) is 25.1. The summed E-state index contributed by atoms with van der Waals surface area (Å²) in [6, 6.07) is 22.6. The number of nitrogens with two attached hydrogens (primary N) is 1. The lowest BCUT2D eigenvalue weighted by Crippen LogP contribution is -2.60. The van der Waals surface area contributed by atoms with E-state index in [0.717, 1.165) is 52.3 Å². The van der Waals surface area contributed by atoms with Crippen LogP contribution < -0.4 is 10.5 Å². The molecule has 7 rings (SSSR count). The van der Waals surface area contributed by atoms with Gasteiger partial charge in [0.15, 0.2) is 6.73 Å². The van der Waals surface area contributed by atoms with Crippen LogP contribution in [0.1, 0.15) is 31.2 Å². The van der Waals surface area contributed by atoms with Gasteiger partial charge in [-0.3, -0.25) is 4.57 Å². The van der Waals surface area contributed by atoms with Gasteiger partial charge in [-0.15, -0.1) is 0 Å². The highest BCUT2D eigenvalue weighted by atomic mass is 16.5. The van der Waals surface area contributed by atoms with Gasteiger partial charge in [0.25, 0.3) is 0 Å². The van der Waals surface area contributed by atoms with Crippen molar-refractivity contribution in [3.8, 4) is 39.8 Å². The van der Waals surface area contributed by atoms with Crippen LogP contribution in [0.4, 0.5) is 0 Å². The Morgan fingerprint density at radius 3 is 2.44 bits per heavy atom. The van der Waals surface area contributed by atoms with E-state index in [0.29, 0.717) is 31.4 Å². The van der Waals surface area contributed by atoms with Crippen LogP contribution >= 0.6 is 0 Å². The van der Waals surface area contributed by atoms with Gasteiger partial charge in [-0.1, -0.05) is 54.6 Å². The lowest BCUT2D eigenvalue weighted by Gasteiger charge is -2.52. The maximum Gasteiger partial charge on any atom is 0.226 e. The Labute approximate surface area is 198 Å². The van der Waals surface area contributed by atoms with Crippen molar-refractivity contribution in [2.75, 3.05) is 0 Å². The average Bonchev–Trinajstić information content (AvgIpc) is 3.64. The molecule has 0 spiro atoms. The summed E-state index contributed by atoms with van der Waals surface area (Å²) in [5.74, 6) is 1.91. The zero-order valence-corrected chi connectivity index (χ0v) is 18.8. The van der Waals surface area contributed by atoms with E-state index in [1.165, 1.54) is 0 Å². The SMILES string of the molecule is N[C@]1(c2ccc(-c3nc4n(c3-c3ccccc3)COc3ncccc3-4)cc2)C[C@](O)(C2CC2)C1. The monoisotopic (exact) mass is 450 g/mol. The molecule has 2 aromatic carbocycles. The number of hydrogen-bond acceptors (Lipinski definition) is 5. The van der Waals surface area contributed by atoms with Crippen molar-refractivity contribution in [1.29, 1.82) is 0 Å². The van der Waals surface area contributed by atoms with E-state index in [1.807, 2.05) is 30.3 Å². The Kier molecular flexibility index (Phi) is 4.11.